The van der Waals surface area contributed by atoms with Crippen molar-refractivity contribution in [1.29, 1.82) is 0 Å². The Morgan fingerprint density at radius 3 is 2.50 bits per heavy atom. The number of hydrogen-bond acceptors (Lipinski definition) is 5. The lowest BCUT2D eigenvalue weighted by molar-refractivity contribution is -0.137. The Hall–Kier alpha value is -3.61. The minimum absolute atomic E-state index is 0.105. The summed E-state index contributed by atoms with van der Waals surface area (Å²) in [6.45, 7) is 4.25. The lowest BCUT2D eigenvalue weighted by atomic mass is 10.1. The van der Waals surface area contributed by atoms with Gasteiger partial charge in [0.25, 0.3) is 5.56 Å². The summed E-state index contributed by atoms with van der Waals surface area (Å²) in [6, 6.07) is 17.6. The van der Waals surface area contributed by atoms with Crippen LogP contribution in [-0.2, 0) is 17.8 Å². The summed E-state index contributed by atoms with van der Waals surface area (Å²) < 4.78 is 7.39. The maximum Gasteiger partial charge on any atom is 0.325 e. The lowest BCUT2D eigenvalue weighted by Gasteiger charge is -2.14. The molecule has 0 saturated carbocycles. The Morgan fingerprint density at radius 1 is 1.17 bits per heavy atom. The second-order valence-electron chi connectivity index (χ2n) is 6.84. The van der Waals surface area contributed by atoms with Crippen LogP contribution in [0.1, 0.15) is 19.7 Å². The fraction of sp³-hybridized carbons (Fsp3) is 0.261. The van der Waals surface area contributed by atoms with Gasteiger partial charge in [-0.1, -0.05) is 37.3 Å². The Morgan fingerprint density at radius 2 is 1.87 bits per heavy atom. The molecule has 1 atom stereocenters. The van der Waals surface area contributed by atoms with Crippen molar-refractivity contribution in [2.45, 2.75) is 32.9 Å². The molecule has 2 N–H and O–H groups in total. The molecule has 30 heavy (non-hydrogen) atoms. The number of anilines is 1. The van der Waals surface area contributed by atoms with Crippen LogP contribution >= 0.6 is 0 Å². The molecule has 7 nitrogen and oxygen atoms in total. The maximum atomic E-state index is 12.6. The van der Waals surface area contributed by atoms with Crippen LogP contribution in [0.2, 0.25) is 0 Å². The molecule has 7 heteroatoms. The Bertz CT molecular complexity index is 1050. The third kappa shape index (κ3) is 5.26. The molecule has 3 aromatic rings. The highest BCUT2D eigenvalue weighted by atomic mass is 16.5. The fourth-order valence-corrected chi connectivity index (χ4v) is 3.03. The van der Waals surface area contributed by atoms with Gasteiger partial charge in [-0.3, -0.25) is 14.2 Å². The zero-order chi connectivity index (χ0) is 21.5. The molecule has 0 aliphatic carbocycles. The second-order valence-corrected chi connectivity index (χ2v) is 6.84. The van der Waals surface area contributed by atoms with Crippen molar-refractivity contribution in [2.24, 2.45) is 0 Å². The molecule has 0 aliphatic heterocycles. The van der Waals surface area contributed by atoms with Crippen molar-refractivity contribution in [3.63, 3.8) is 0 Å². The van der Waals surface area contributed by atoms with Crippen LogP contribution in [0.5, 0.6) is 5.75 Å². The van der Waals surface area contributed by atoms with E-state index in [1.165, 1.54) is 0 Å². The van der Waals surface area contributed by atoms with Crippen molar-refractivity contribution in [3.8, 4) is 17.0 Å². The molecule has 0 saturated heterocycles. The van der Waals surface area contributed by atoms with Gasteiger partial charge in [-0.15, -0.1) is 0 Å². The number of rotatable bonds is 9. The quantitative estimate of drug-likeness (QED) is 0.564. The van der Waals surface area contributed by atoms with Gasteiger partial charge in [-0.05, 0) is 31.2 Å². The van der Waals surface area contributed by atoms with Gasteiger partial charge in [0.05, 0.1) is 12.2 Å². The van der Waals surface area contributed by atoms with E-state index in [2.05, 4.69) is 10.3 Å². The molecule has 0 amide bonds. The van der Waals surface area contributed by atoms with Crippen LogP contribution in [0.25, 0.3) is 11.3 Å². The Labute approximate surface area is 175 Å². The molecule has 0 spiro atoms. The highest BCUT2D eigenvalue weighted by Crippen LogP contribution is 2.17. The SMILES string of the molecule is CCc1nc(-c2ccccc2)cc(=O)n1CCOc1ccc(NC(C)C(=O)O)cc1. The minimum Gasteiger partial charge on any atom is -0.492 e. The van der Waals surface area contributed by atoms with Crippen molar-refractivity contribution >= 4 is 11.7 Å². The van der Waals surface area contributed by atoms with Gasteiger partial charge in [0, 0.05) is 23.7 Å². The monoisotopic (exact) mass is 407 g/mol. The van der Waals surface area contributed by atoms with E-state index >= 15 is 0 Å². The summed E-state index contributed by atoms with van der Waals surface area (Å²) in [5, 5.41) is 11.8. The van der Waals surface area contributed by atoms with E-state index in [0.717, 1.165) is 5.56 Å². The summed E-state index contributed by atoms with van der Waals surface area (Å²) in [7, 11) is 0. The highest BCUT2D eigenvalue weighted by molar-refractivity contribution is 5.76. The summed E-state index contributed by atoms with van der Waals surface area (Å²) in [5.41, 5.74) is 2.18. The summed E-state index contributed by atoms with van der Waals surface area (Å²) in [6.07, 6.45) is 0.637. The highest BCUT2D eigenvalue weighted by Gasteiger charge is 2.11. The van der Waals surface area contributed by atoms with Crippen molar-refractivity contribution < 1.29 is 14.6 Å². The number of hydrogen-bond donors (Lipinski definition) is 2. The number of nitrogens with one attached hydrogen (secondary N) is 1. The largest absolute Gasteiger partial charge is 0.492 e. The number of ether oxygens (including phenoxy) is 1. The zero-order valence-electron chi connectivity index (χ0n) is 17.0. The molecule has 0 aliphatic rings. The first-order valence-electron chi connectivity index (χ1n) is 9.86. The van der Waals surface area contributed by atoms with Crippen molar-refractivity contribution in [3.05, 3.63) is 76.8 Å². The van der Waals surface area contributed by atoms with Crippen LogP contribution in [-0.4, -0.2) is 33.3 Å². The van der Waals surface area contributed by atoms with Gasteiger partial charge in [-0.2, -0.15) is 0 Å². The van der Waals surface area contributed by atoms with E-state index in [-0.39, 0.29) is 5.56 Å². The molecular formula is C23H25N3O4. The topological polar surface area (TPSA) is 93.5 Å². The molecule has 0 radical (unpaired) electrons. The van der Waals surface area contributed by atoms with E-state index in [1.54, 1.807) is 41.8 Å². The molecule has 156 valence electrons. The molecular weight excluding hydrogens is 382 g/mol. The number of nitrogens with zero attached hydrogens (tertiary/aromatic N) is 2. The number of aromatic nitrogens is 2. The first kappa shape index (κ1) is 21.1. The third-order valence-electron chi connectivity index (χ3n) is 4.66. The van der Waals surface area contributed by atoms with Crippen LogP contribution in [0.4, 0.5) is 5.69 Å². The van der Waals surface area contributed by atoms with Crippen molar-refractivity contribution in [2.75, 3.05) is 11.9 Å². The Kier molecular flexibility index (Phi) is 6.85. The molecule has 1 aromatic heterocycles. The summed E-state index contributed by atoms with van der Waals surface area (Å²) in [5.74, 6) is 0.440. The average Bonchev–Trinajstić information content (AvgIpc) is 2.76. The van der Waals surface area contributed by atoms with E-state index in [1.807, 2.05) is 37.3 Å². The molecule has 0 bridgehead atoms. The van der Waals surface area contributed by atoms with E-state index in [9.17, 15) is 9.59 Å². The number of carboxylic acids is 1. The maximum absolute atomic E-state index is 12.6. The second kappa shape index (κ2) is 9.73. The number of aryl methyl sites for hydroxylation is 1. The van der Waals surface area contributed by atoms with E-state index < -0.39 is 12.0 Å². The number of aliphatic carboxylic acids is 1. The average molecular weight is 407 g/mol. The first-order chi connectivity index (χ1) is 14.5. The van der Waals surface area contributed by atoms with Crippen LogP contribution in [0.15, 0.2) is 65.5 Å². The minimum atomic E-state index is -0.917. The van der Waals surface area contributed by atoms with Gasteiger partial charge >= 0.3 is 5.97 Å². The summed E-state index contributed by atoms with van der Waals surface area (Å²) in [4.78, 5) is 28.2. The normalized spacial score (nSPS) is 11.7. The number of benzene rings is 2. The zero-order valence-corrected chi connectivity index (χ0v) is 17.0. The van der Waals surface area contributed by atoms with Crippen LogP contribution in [0.3, 0.4) is 0 Å². The lowest BCUT2D eigenvalue weighted by Crippen LogP contribution is -2.27. The molecule has 3 rings (SSSR count). The van der Waals surface area contributed by atoms with Gasteiger partial charge in [0.1, 0.15) is 24.2 Å². The third-order valence-corrected chi connectivity index (χ3v) is 4.66. The van der Waals surface area contributed by atoms with Gasteiger partial charge in [-0.25, -0.2) is 4.98 Å². The van der Waals surface area contributed by atoms with Gasteiger partial charge in [0.15, 0.2) is 0 Å². The molecule has 0 fully saturated rings. The molecule has 1 unspecified atom stereocenters. The molecule has 2 aromatic carbocycles. The van der Waals surface area contributed by atoms with Gasteiger partial charge in [0.2, 0.25) is 0 Å². The number of carboxylic acid groups (broad SMARTS) is 1. The predicted octanol–water partition coefficient (Wildman–Crippen LogP) is 3.44. The fourth-order valence-electron chi connectivity index (χ4n) is 3.03. The standard InChI is InChI=1S/C23H25N3O4/c1-3-21-25-20(17-7-5-4-6-8-17)15-22(27)26(21)13-14-30-19-11-9-18(10-12-19)24-16(2)23(28)29/h4-12,15-16,24H,3,13-14H2,1-2H3,(H,28,29). The van der Waals surface area contributed by atoms with Gasteiger partial charge < -0.3 is 15.2 Å². The van der Waals surface area contributed by atoms with Crippen molar-refractivity contribution in [1.82, 2.24) is 9.55 Å². The molecule has 1 heterocycles. The summed E-state index contributed by atoms with van der Waals surface area (Å²) >= 11 is 0. The first-order valence-corrected chi connectivity index (χ1v) is 9.86. The number of carbonyl (C=O) groups is 1. The van der Waals surface area contributed by atoms with Crippen LogP contribution < -0.4 is 15.6 Å². The predicted molar refractivity (Wildman–Crippen MR) is 116 cm³/mol. The smallest absolute Gasteiger partial charge is 0.325 e. The Balaban J connectivity index is 1.64. The van der Waals surface area contributed by atoms with E-state index in [0.29, 0.717) is 42.5 Å². The van der Waals surface area contributed by atoms with E-state index in [4.69, 9.17) is 9.84 Å². The van der Waals surface area contributed by atoms with Crippen LogP contribution in [0, 0.1) is 0 Å².